The van der Waals surface area contributed by atoms with Gasteiger partial charge in [0.1, 0.15) is 0 Å². The molecular formula is C16H13ClN2O. The lowest BCUT2D eigenvalue weighted by atomic mass is 9.76. The molecule has 20 heavy (non-hydrogen) atoms. The normalized spacial score (nSPS) is 13.2. The zero-order valence-corrected chi connectivity index (χ0v) is 11.8. The van der Waals surface area contributed by atoms with E-state index < -0.39 is 10.7 Å². The molecule has 1 atom stereocenters. The van der Waals surface area contributed by atoms with Crippen molar-refractivity contribution in [1.29, 1.82) is 5.26 Å². The van der Waals surface area contributed by atoms with Crippen LogP contribution in [0, 0.1) is 11.3 Å². The summed E-state index contributed by atoms with van der Waals surface area (Å²) in [5, 5.41) is 8.73. The van der Waals surface area contributed by atoms with E-state index in [0.717, 1.165) is 5.56 Å². The maximum Gasteiger partial charge on any atom is 0.232 e. The number of carbonyl (C=O) groups is 1. The van der Waals surface area contributed by atoms with Gasteiger partial charge >= 0.3 is 0 Å². The van der Waals surface area contributed by atoms with Crippen molar-refractivity contribution in [2.45, 2.75) is 18.8 Å². The minimum atomic E-state index is -0.948. The Morgan fingerprint density at radius 1 is 1.35 bits per heavy atom. The van der Waals surface area contributed by atoms with Crippen LogP contribution in [0.15, 0.2) is 48.8 Å². The van der Waals surface area contributed by atoms with Crippen LogP contribution in [0.1, 0.15) is 23.6 Å². The summed E-state index contributed by atoms with van der Waals surface area (Å²) in [6, 6.07) is 12.9. The number of halogens is 1. The average molecular weight is 285 g/mol. The van der Waals surface area contributed by atoms with E-state index in [1.54, 1.807) is 43.6 Å². The van der Waals surface area contributed by atoms with Gasteiger partial charge in [0.25, 0.3) is 0 Å². The summed E-state index contributed by atoms with van der Waals surface area (Å²) in [5.74, 6) is 0. The van der Waals surface area contributed by atoms with Crippen molar-refractivity contribution in [3.05, 3.63) is 65.5 Å². The molecule has 0 bridgehead atoms. The SMILES string of the molecule is CC(Cc1cccnc1)(C(=O)Cl)c1ccccc1C#N. The van der Waals surface area contributed by atoms with Crippen molar-refractivity contribution >= 4 is 16.8 Å². The van der Waals surface area contributed by atoms with Crippen LogP contribution in [0.2, 0.25) is 0 Å². The number of benzene rings is 1. The quantitative estimate of drug-likeness (QED) is 0.810. The van der Waals surface area contributed by atoms with Crippen LogP contribution in [0.3, 0.4) is 0 Å². The van der Waals surface area contributed by atoms with E-state index >= 15 is 0 Å². The Bertz CT molecular complexity index is 664. The van der Waals surface area contributed by atoms with Gasteiger partial charge in [0.2, 0.25) is 5.24 Å². The second-order valence-electron chi connectivity index (χ2n) is 4.80. The highest BCUT2D eigenvalue weighted by Crippen LogP contribution is 2.32. The van der Waals surface area contributed by atoms with Gasteiger partial charge in [-0.25, -0.2) is 0 Å². The third-order valence-corrected chi connectivity index (χ3v) is 3.77. The van der Waals surface area contributed by atoms with Gasteiger partial charge in [0.15, 0.2) is 0 Å². The molecule has 0 N–H and O–H groups in total. The molecule has 1 unspecified atom stereocenters. The third-order valence-electron chi connectivity index (χ3n) is 3.36. The first kappa shape index (κ1) is 14.2. The fraction of sp³-hybridized carbons (Fsp3) is 0.188. The number of rotatable bonds is 4. The zero-order chi connectivity index (χ0) is 14.6. The van der Waals surface area contributed by atoms with E-state index in [-0.39, 0.29) is 0 Å². The first-order chi connectivity index (χ1) is 9.58. The minimum Gasteiger partial charge on any atom is -0.280 e. The second-order valence-corrected chi connectivity index (χ2v) is 5.14. The molecule has 0 amide bonds. The van der Waals surface area contributed by atoms with Gasteiger partial charge in [0.05, 0.1) is 17.0 Å². The van der Waals surface area contributed by atoms with Crippen LogP contribution in [0.25, 0.3) is 0 Å². The molecule has 0 spiro atoms. The minimum absolute atomic E-state index is 0.405. The van der Waals surface area contributed by atoms with Crippen LogP contribution in [-0.4, -0.2) is 10.2 Å². The van der Waals surface area contributed by atoms with Crippen molar-refractivity contribution < 1.29 is 4.79 Å². The van der Waals surface area contributed by atoms with Gasteiger partial charge in [-0.3, -0.25) is 9.78 Å². The van der Waals surface area contributed by atoms with Crippen molar-refractivity contribution in [1.82, 2.24) is 4.98 Å². The molecule has 0 radical (unpaired) electrons. The molecule has 100 valence electrons. The predicted octanol–water partition coefficient (Wildman–Crippen LogP) is 3.22. The largest absolute Gasteiger partial charge is 0.280 e. The standard InChI is InChI=1S/C16H13ClN2O/c1-16(15(17)20,9-12-5-4-8-19-11-12)14-7-3-2-6-13(14)10-18/h2-8,11H,9H2,1H3. The van der Waals surface area contributed by atoms with E-state index in [4.69, 9.17) is 11.6 Å². The Kier molecular flexibility index (Phi) is 4.16. The summed E-state index contributed by atoms with van der Waals surface area (Å²) >= 11 is 5.83. The summed E-state index contributed by atoms with van der Waals surface area (Å²) < 4.78 is 0. The molecule has 1 heterocycles. The maximum absolute atomic E-state index is 12.0. The van der Waals surface area contributed by atoms with Crippen molar-refractivity contribution in [3.8, 4) is 6.07 Å². The predicted molar refractivity (Wildman–Crippen MR) is 77.3 cm³/mol. The number of hydrogen-bond donors (Lipinski definition) is 0. The van der Waals surface area contributed by atoms with Crippen molar-refractivity contribution in [2.75, 3.05) is 0 Å². The molecule has 0 fully saturated rings. The maximum atomic E-state index is 12.0. The van der Waals surface area contributed by atoms with Gasteiger partial charge in [0, 0.05) is 12.4 Å². The van der Waals surface area contributed by atoms with Gasteiger partial charge in [-0.2, -0.15) is 5.26 Å². The molecule has 1 aromatic carbocycles. The number of carbonyl (C=O) groups excluding carboxylic acids is 1. The topological polar surface area (TPSA) is 53.8 Å². The Hall–Kier alpha value is -2.18. The first-order valence-electron chi connectivity index (χ1n) is 6.16. The van der Waals surface area contributed by atoms with E-state index in [1.807, 2.05) is 12.1 Å². The summed E-state index contributed by atoms with van der Waals surface area (Å²) in [5.41, 5.74) is 1.06. The highest BCUT2D eigenvalue weighted by Gasteiger charge is 2.36. The molecule has 0 aliphatic carbocycles. The van der Waals surface area contributed by atoms with Crippen LogP contribution in [0.4, 0.5) is 0 Å². The summed E-state index contributed by atoms with van der Waals surface area (Å²) in [6.07, 6.45) is 3.78. The molecule has 2 rings (SSSR count). The number of pyridine rings is 1. The molecule has 1 aromatic heterocycles. The van der Waals surface area contributed by atoms with Crippen LogP contribution in [0.5, 0.6) is 0 Å². The third kappa shape index (κ3) is 2.71. The number of aromatic nitrogens is 1. The van der Waals surface area contributed by atoms with Crippen LogP contribution in [-0.2, 0) is 16.6 Å². The Morgan fingerprint density at radius 2 is 2.10 bits per heavy atom. The summed E-state index contributed by atoms with van der Waals surface area (Å²) in [7, 11) is 0. The number of nitrogens with zero attached hydrogens (tertiary/aromatic N) is 2. The zero-order valence-electron chi connectivity index (χ0n) is 11.0. The first-order valence-corrected chi connectivity index (χ1v) is 6.54. The Morgan fingerprint density at radius 3 is 2.70 bits per heavy atom. The lowest BCUT2D eigenvalue weighted by Gasteiger charge is -2.26. The smallest absolute Gasteiger partial charge is 0.232 e. The monoisotopic (exact) mass is 284 g/mol. The van der Waals surface area contributed by atoms with E-state index in [9.17, 15) is 10.1 Å². The van der Waals surface area contributed by atoms with E-state index in [1.165, 1.54) is 0 Å². The Labute approximate surface area is 122 Å². The fourth-order valence-corrected chi connectivity index (χ4v) is 2.41. The molecule has 0 aliphatic heterocycles. The van der Waals surface area contributed by atoms with Crippen LogP contribution < -0.4 is 0 Å². The lowest BCUT2D eigenvalue weighted by Crippen LogP contribution is -2.32. The number of hydrogen-bond acceptors (Lipinski definition) is 3. The van der Waals surface area contributed by atoms with Crippen molar-refractivity contribution in [2.24, 2.45) is 0 Å². The molecular weight excluding hydrogens is 272 g/mol. The lowest BCUT2D eigenvalue weighted by molar-refractivity contribution is -0.116. The van der Waals surface area contributed by atoms with Gasteiger partial charge < -0.3 is 0 Å². The second kappa shape index (κ2) is 5.85. The van der Waals surface area contributed by atoms with E-state index in [0.29, 0.717) is 17.5 Å². The molecule has 0 saturated carbocycles. The highest BCUT2D eigenvalue weighted by atomic mass is 35.5. The van der Waals surface area contributed by atoms with Gasteiger partial charge in [-0.1, -0.05) is 24.3 Å². The van der Waals surface area contributed by atoms with Crippen LogP contribution >= 0.6 is 11.6 Å². The molecule has 3 nitrogen and oxygen atoms in total. The molecule has 0 saturated heterocycles. The van der Waals surface area contributed by atoms with Gasteiger partial charge in [-0.05, 0) is 48.2 Å². The van der Waals surface area contributed by atoms with Crippen molar-refractivity contribution in [3.63, 3.8) is 0 Å². The molecule has 4 heteroatoms. The summed E-state index contributed by atoms with van der Waals surface area (Å²) in [6.45, 7) is 1.76. The molecule has 0 aliphatic rings. The Balaban J connectivity index is 2.50. The fourth-order valence-electron chi connectivity index (χ4n) is 2.24. The number of nitriles is 1. The highest BCUT2D eigenvalue weighted by molar-refractivity contribution is 6.65. The van der Waals surface area contributed by atoms with Gasteiger partial charge in [-0.15, -0.1) is 0 Å². The molecule has 2 aromatic rings. The summed E-state index contributed by atoms with van der Waals surface area (Å²) in [4.78, 5) is 16.0. The average Bonchev–Trinajstić information content (AvgIpc) is 2.48. The van der Waals surface area contributed by atoms with E-state index in [2.05, 4.69) is 11.1 Å².